The van der Waals surface area contributed by atoms with Crippen molar-refractivity contribution >= 4 is 11.3 Å². The second-order valence-electron chi connectivity index (χ2n) is 5.41. The fourth-order valence-electron chi connectivity index (χ4n) is 2.59. The van der Waals surface area contributed by atoms with Crippen LogP contribution in [0.25, 0.3) is 0 Å². The maximum absolute atomic E-state index is 2.34. The van der Waals surface area contributed by atoms with Crippen LogP contribution in [-0.2, 0) is 0 Å². The van der Waals surface area contributed by atoms with E-state index in [9.17, 15) is 0 Å². The molecule has 0 nitrogen and oxygen atoms in total. The van der Waals surface area contributed by atoms with Crippen LogP contribution in [0.4, 0.5) is 0 Å². The van der Waals surface area contributed by atoms with E-state index in [0.717, 1.165) is 5.92 Å². The van der Waals surface area contributed by atoms with Crippen molar-refractivity contribution in [3.05, 3.63) is 22.4 Å². The molecule has 0 amide bonds. The molecule has 1 unspecified atom stereocenters. The van der Waals surface area contributed by atoms with Crippen molar-refractivity contribution in [3.63, 3.8) is 0 Å². The van der Waals surface area contributed by atoms with Gasteiger partial charge in [0.15, 0.2) is 0 Å². The van der Waals surface area contributed by atoms with Crippen LogP contribution >= 0.6 is 11.3 Å². The van der Waals surface area contributed by atoms with E-state index in [4.69, 9.17) is 0 Å². The minimum atomic E-state index is 0.846. The van der Waals surface area contributed by atoms with Crippen LogP contribution in [0.15, 0.2) is 17.5 Å². The normalized spacial score (nSPS) is 12.8. The van der Waals surface area contributed by atoms with Crippen LogP contribution < -0.4 is 0 Å². The molecule has 0 aliphatic carbocycles. The minimum absolute atomic E-state index is 0.846. The lowest BCUT2D eigenvalue weighted by Crippen LogP contribution is -1.97. The zero-order valence-corrected chi connectivity index (χ0v) is 13.1. The molecule has 1 aromatic rings. The number of hydrogen-bond acceptors (Lipinski definition) is 1. The SMILES string of the molecule is CCCCCCCC(CCCCC)c1cccs1. The van der Waals surface area contributed by atoms with E-state index < -0.39 is 0 Å². The molecule has 1 heteroatoms. The molecule has 0 spiro atoms. The van der Waals surface area contributed by atoms with Crippen LogP contribution in [0.3, 0.4) is 0 Å². The molecule has 0 aliphatic rings. The molecule has 0 saturated heterocycles. The number of thiophene rings is 1. The van der Waals surface area contributed by atoms with Crippen LogP contribution in [-0.4, -0.2) is 0 Å². The van der Waals surface area contributed by atoms with Crippen molar-refractivity contribution in [1.82, 2.24) is 0 Å². The Labute approximate surface area is 118 Å². The van der Waals surface area contributed by atoms with Crippen LogP contribution in [0.2, 0.25) is 0 Å². The highest BCUT2D eigenvalue weighted by atomic mass is 32.1. The first-order valence-corrected chi connectivity index (χ1v) is 8.79. The van der Waals surface area contributed by atoms with Gasteiger partial charge in [-0.15, -0.1) is 11.3 Å². The predicted octanol–water partition coefficient (Wildman–Crippen LogP) is 6.77. The standard InChI is InChI=1S/C17H30S/c1-3-5-7-8-10-13-16(12-9-6-4-2)17-14-11-15-18-17/h11,14-16H,3-10,12-13H2,1-2H3. The van der Waals surface area contributed by atoms with E-state index in [-0.39, 0.29) is 0 Å². The summed E-state index contributed by atoms with van der Waals surface area (Å²) < 4.78 is 0. The van der Waals surface area contributed by atoms with Gasteiger partial charge in [-0.05, 0) is 30.2 Å². The van der Waals surface area contributed by atoms with Crippen molar-refractivity contribution < 1.29 is 0 Å². The van der Waals surface area contributed by atoms with Gasteiger partial charge in [-0.2, -0.15) is 0 Å². The molecule has 104 valence electrons. The third-order valence-corrected chi connectivity index (χ3v) is 4.79. The third-order valence-electron chi connectivity index (χ3n) is 3.76. The van der Waals surface area contributed by atoms with E-state index in [2.05, 4.69) is 31.4 Å². The van der Waals surface area contributed by atoms with E-state index in [1.165, 1.54) is 64.2 Å². The minimum Gasteiger partial charge on any atom is -0.149 e. The van der Waals surface area contributed by atoms with Gasteiger partial charge >= 0.3 is 0 Å². The molecule has 0 radical (unpaired) electrons. The van der Waals surface area contributed by atoms with Crippen LogP contribution in [0.1, 0.15) is 88.9 Å². The maximum Gasteiger partial charge on any atom is 0.00761 e. The maximum atomic E-state index is 2.34. The van der Waals surface area contributed by atoms with Crippen molar-refractivity contribution in [2.75, 3.05) is 0 Å². The summed E-state index contributed by atoms with van der Waals surface area (Å²) in [5, 5.41) is 2.24. The highest BCUT2D eigenvalue weighted by Gasteiger charge is 2.11. The Morgan fingerprint density at radius 2 is 1.50 bits per heavy atom. The summed E-state index contributed by atoms with van der Waals surface area (Å²) >= 11 is 1.96. The van der Waals surface area contributed by atoms with Gasteiger partial charge in [-0.25, -0.2) is 0 Å². The van der Waals surface area contributed by atoms with E-state index in [1.807, 2.05) is 11.3 Å². The Hall–Kier alpha value is -0.300. The van der Waals surface area contributed by atoms with Crippen LogP contribution in [0.5, 0.6) is 0 Å². The highest BCUT2D eigenvalue weighted by molar-refractivity contribution is 7.10. The monoisotopic (exact) mass is 266 g/mol. The van der Waals surface area contributed by atoms with Gasteiger partial charge in [0.2, 0.25) is 0 Å². The van der Waals surface area contributed by atoms with Gasteiger partial charge in [0.25, 0.3) is 0 Å². The first kappa shape index (κ1) is 15.8. The highest BCUT2D eigenvalue weighted by Crippen LogP contribution is 2.31. The molecule has 1 atom stereocenters. The average Bonchev–Trinajstić information content (AvgIpc) is 2.90. The second-order valence-corrected chi connectivity index (χ2v) is 6.39. The van der Waals surface area contributed by atoms with E-state index in [1.54, 1.807) is 4.88 Å². The van der Waals surface area contributed by atoms with E-state index >= 15 is 0 Å². The summed E-state index contributed by atoms with van der Waals surface area (Å²) in [5.74, 6) is 0.846. The smallest absolute Gasteiger partial charge is 0.00761 e. The lowest BCUT2D eigenvalue weighted by Gasteiger charge is -2.15. The fourth-order valence-corrected chi connectivity index (χ4v) is 3.49. The molecule has 0 aromatic carbocycles. The number of hydrogen-bond donors (Lipinski definition) is 0. The van der Waals surface area contributed by atoms with Gasteiger partial charge < -0.3 is 0 Å². The molecule has 0 aliphatic heterocycles. The average molecular weight is 266 g/mol. The van der Waals surface area contributed by atoms with Gasteiger partial charge in [-0.3, -0.25) is 0 Å². The van der Waals surface area contributed by atoms with Gasteiger partial charge in [0.05, 0.1) is 0 Å². The van der Waals surface area contributed by atoms with Crippen molar-refractivity contribution in [2.24, 2.45) is 0 Å². The molecule has 0 N–H and O–H groups in total. The summed E-state index contributed by atoms with van der Waals surface area (Å²) in [7, 11) is 0. The fraction of sp³-hybridized carbons (Fsp3) is 0.765. The van der Waals surface area contributed by atoms with Gasteiger partial charge in [0, 0.05) is 4.88 Å². The first-order valence-electron chi connectivity index (χ1n) is 7.91. The Morgan fingerprint density at radius 3 is 2.11 bits per heavy atom. The third kappa shape index (κ3) is 6.58. The number of unbranched alkanes of at least 4 members (excludes halogenated alkanes) is 6. The molecule has 0 saturated carbocycles. The topological polar surface area (TPSA) is 0 Å². The molecule has 0 bridgehead atoms. The van der Waals surface area contributed by atoms with Crippen LogP contribution in [0, 0.1) is 0 Å². The molecule has 18 heavy (non-hydrogen) atoms. The zero-order chi connectivity index (χ0) is 13.1. The Bertz CT molecular complexity index is 263. The quantitative estimate of drug-likeness (QED) is 0.387. The first-order chi connectivity index (χ1) is 8.88. The summed E-state index contributed by atoms with van der Waals surface area (Å²) in [6.45, 7) is 4.59. The molecule has 0 fully saturated rings. The van der Waals surface area contributed by atoms with E-state index in [0.29, 0.717) is 0 Å². The largest absolute Gasteiger partial charge is 0.149 e. The van der Waals surface area contributed by atoms with Crippen molar-refractivity contribution in [1.29, 1.82) is 0 Å². The van der Waals surface area contributed by atoms with Gasteiger partial charge in [-0.1, -0.05) is 71.3 Å². The summed E-state index contributed by atoms with van der Waals surface area (Å²) in [6.07, 6.45) is 14.0. The summed E-state index contributed by atoms with van der Waals surface area (Å²) in [5.41, 5.74) is 0. The Morgan fingerprint density at radius 1 is 0.889 bits per heavy atom. The summed E-state index contributed by atoms with van der Waals surface area (Å²) in [6, 6.07) is 4.55. The molecule has 1 heterocycles. The summed E-state index contributed by atoms with van der Waals surface area (Å²) in [4.78, 5) is 1.63. The number of rotatable bonds is 11. The molecule has 1 aromatic heterocycles. The second kappa shape index (κ2) is 10.6. The Balaban J connectivity index is 2.26. The zero-order valence-electron chi connectivity index (χ0n) is 12.3. The lowest BCUT2D eigenvalue weighted by atomic mass is 9.93. The lowest BCUT2D eigenvalue weighted by molar-refractivity contribution is 0.502. The predicted molar refractivity (Wildman–Crippen MR) is 84.6 cm³/mol. The molecule has 1 rings (SSSR count). The Kier molecular flexibility index (Phi) is 9.28. The van der Waals surface area contributed by atoms with Crippen molar-refractivity contribution in [2.45, 2.75) is 84.0 Å². The molecular weight excluding hydrogens is 236 g/mol. The molecular formula is C17H30S. The van der Waals surface area contributed by atoms with Gasteiger partial charge in [0.1, 0.15) is 0 Å². The van der Waals surface area contributed by atoms with Crippen molar-refractivity contribution in [3.8, 4) is 0 Å².